The van der Waals surface area contributed by atoms with Crippen molar-refractivity contribution in [3.05, 3.63) is 30.6 Å². The lowest BCUT2D eigenvalue weighted by Gasteiger charge is -1.92. The molecule has 6 heteroatoms. The first-order chi connectivity index (χ1) is 8.40. The SMILES string of the molecule is ONC=Nc1ncnc2c1oc1ccccc12. The Balaban J connectivity index is 2.35. The van der Waals surface area contributed by atoms with Crippen molar-refractivity contribution < 1.29 is 9.62 Å². The predicted octanol–water partition coefficient (Wildman–Crippen LogP) is 2.01. The molecular weight excluding hydrogens is 220 g/mol. The van der Waals surface area contributed by atoms with E-state index in [0.29, 0.717) is 16.9 Å². The number of hydroxylamine groups is 1. The Hall–Kier alpha value is -2.47. The van der Waals surface area contributed by atoms with E-state index in [-0.39, 0.29) is 0 Å². The van der Waals surface area contributed by atoms with Crippen molar-refractivity contribution in [1.82, 2.24) is 15.4 Å². The van der Waals surface area contributed by atoms with Crippen LogP contribution in [0.4, 0.5) is 5.82 Å². The third-order valence-electron chi connectivity index (χ3n) is 2.38. The van der Waals surface area contributed by atoms with Crippen LogP contribution in [0.15, 0.2) is 40.0 Å². The fraction of sp³-hybridized carbons (Fsp3) is 0. The van der Waals surface area contributed by atoms with E-state index < -0.39 is 0 Å². The van der Waals surface area contributed by atoms with E-state index in [0.717, 1.165) is 17.3 Å². The van der Waals surface area contributed by atoms with Gasteiger partial charge < -0.3 is 4.42 Å². The van der Waals surface area contributed by atoms with Crippen LogP contribution in [0.1, 0.15) is 0 Å². The summed E-state index contributed by atoms with van der Waals surface area (Å²) in [4.78, 5) is 12.1. The lowest BCUT2D eigenvalue weighted by atomic mass is 10.2. The number of furan rings is 1. The van der Waals surface area contributed by atoms with Gasteiger partial charge in [0.2, 0.25) is 5.82 Å². The summed E-state index contributed by atoms with van der Waals surface area (Å²) in [6, 6.07) is 7.58. The van der Waals surface area contributed by atoms with Crippen LogP contribution in [-0.2, 0) is 0 Å². The van der Waals surface area contributed by atoms with E-state index in [1.54, 1.807) is 0 Å². The summed E-state index contributed by atoms with van der Waals surface area (Å²) in [6.07, 6.45) is 2.53. The number of rotatable bonds is 2. The van der Waals surface area contributed by atoms with E-state index in [1.165, 1.54) is 6.33 Å². The average Bonchev–Trinajstić information content (AvgIpc) is 2.75. The standard InChI is InChI=1S/C11H8N4O2/c16-15-6-14-11-10-9(12-5-13-11)7-3-1-2-4-8(7)17-10/h1-6,16H,(H,12,13,14,15). The van der Waals surface area contributed by atoms with Gasteiger partial charge in [-0.05, 0) is 12.1 Å². The second-order valence-electron chi connectivity index (χ2n) is 3.36. The second-order valence-corrected chi connectivity index (χ2v) is 3.36. The van der Waals surface area contributed by atoms with Crippen molar-refractivity contribution in [2.24, 2.45) is 4.99 Å². The first-order valence-electron chi connectivity index (χ1n) is 4.94. The summed E-state index contributed by atoms with van der Waals surface area (Å²) in [6.45, 7) is 0. The molecule has 0 saturated heterocycles. The molecule has 0 aliphatic rings. The van der Waals surface area contributed by atoms with Gasteiger partial charge in [0.1, 0.15) is 23.8 Å². The van der Waals surface area contributed by atoms with Crippen LogP contribution in [0, 0.1) is 0 Å². The van der Waals surface area contributed by atoms with E-state index >= 15 is 0 Å². The van der Waals surface area contributed by atoms with E-state index in [2.05, 4.69) is 15.0 Å². The molecule has 6 nitrogen and oxygen atoms in total. The molecule has 3 rings (SSSR count). The minimum absolute atomic E-state index is 0.368. The van der Waals surface area contributed by atoms with Gasteiger partial charge >= 0.3 is 0 Å². The first kappa shape index (κ1) is 9.73. The maximum Gasteiger partial charge on any atom is 0.200 e. The molecule has 3 aromatic rings. The largest absolute Gasteiger partial charge is 0.450 e. The Kier molecular flexibility index (Phi) is 2.20. The Morgan fingerprint density at radius 1 is 1.29 bits per heavy atom. The number of fused-ring (bicyclic) bond motifs is 3. The third kappa shape index (κ3) is 1.51. The van der Waals surface area contributed by atoms with E-state index in [9.17, 15) is 0 Å². The molecule has 0 atom stereocenters. The quantitative estimate of drug-likeness (QED) is 0.398. The van der Waals surface area contributed by atoms with E-state index in [1.807, 2.05) is 29.7 Å². The first-order valence-corrected chi connectivity index (χ1v) is 4.94. The Morgan fingerprint density at radius 2 is 2.18 bits per heavy atom. The maximum atomic E-state index is 8.47. The smallest absolute Gasteiger partial charge is 0.200 e. The number of hydrogen-bond donors (Lipinski definition) is 2. The molecule has 1 aromatic carbocycles. The van der Waals surface area contributed by atoms with Gasteiger partial charge in [-0.25, -0.2) is 15.0 Å². The van der Waals surface area contributed by atoms with Gasteiger partial charge in [-0.1, -0.05) is 12.1 Å². The zero-order chi connectivity index (χ0) is 11.7. The Morgan fingerprint density at radius 3 is 3.06 bits per heavy atom. The van der Waals surface area contributed by atoms with Gasteiger partial charge in [-0.3, -0.25) is 10.7 Å². The molecule has 0 spiro atoms. The minimum atomic E-state index is 0.368. The summed E-state index contributed by atoms with van der Waals surface area (Å²) in [5.74, 6) is 0.368. The number of nitrogens with one attached hydrogen (secondary N) is 1. The molecule has 0 aliphatic heterocycles. The minimum Gasteiger partial charge on any atom is -0.450 e. The van der Waals surface area contributed by atoms with Crippen molar-refractivity contribution in [3.8, 4) is 0 Å². The lowest BCUT2D eigenvalue weighted by Crippen LogP contribution is -2.01. The molecule has 0 amide bonds. The van der Waals surface area contributed by atoms with Crippen molar-refractivity contribution in [2.45, 2.75) is 0 Å². The highest BCUT2D eigenvalue weighted by molar-refractivity contribution is 6.05. The predicted molar refractivity (Wildman–Crippen MR) is 62.4 cm³/mol. The maximum absolute atomic E-state index is 8.47. The van der Waals surface area contributed by atoms with Crippen LogP contribution >= 0.6 is 0 Å². The van der Waals surface area contributed by atoms with Crippen molar-refractivity contribution in [2.75, 3.05) is 0 Å². The molecule has 0 saturated carbocycles. The van der Waals surface area contributed by atoms with Crippen molar-refractivity contribution in [3.63, 3.8) is 0 Å². The summed E-state index contributed by atoms with van der Waals surface area (Å²) >= 11 is 0. The van der Waals surface area contributed by atoms with E-state index in [4.69, 9.17) is 9.62 Å². The fourth-order valence-electron chi connectivity index (χ4n) is 1.69. The molecule has 0 fully saturated rings. The summed E-state index contributed by atoms with van der Waals surface area (Å²) in [5.41, 5.74) is 3.76. The molecular formula is C11H8N4O2. The molecule has 0 aliphatic carbocycles. The fourth-order valence-corrected chi connectivity index (χ4v) is 1.69. The zero-order valence-corrected chi connectivity index (χ0v) is 8.66. The van der Waals surface area contributed by atoms with Gasteiger partial charge in [0, 0.05) is 5.39 Å². The van der Waals surface area contributed by atoms with Gasteiger partial charge in [0.25, 0.3) is 0 Å². The number of hydrogen-bond acceptors (Lipinski definition) is 5. The number of para-hydroxylation sites is 1. The molecule has 2 aromatic heterocycles. The van der Waals surface area contributed by atoms with Crippen LogP contribution in [0.25, 0.3) is 22.1 Å². The molecule has 2 N–H and O–H groups in total. The molecule has 2 heterocycles. The zero-order valence-electron chi connectivity index (χ0n) is 8.66. The third-order valence-corrected chi connectivity index (χ3v) is 2.38. The lowest BCUT2D eigenvalue weighted by molar-refractivity contribution is 0.240. The van der Waals surface area contributed by atoms with Crippen molar-refractivity contribution >= 4 is 34.2 Å². The molecule has 0 unspecified atom stereocenters. The van der Waals surface area contributed by atoms with Crippen molar-refractivity contribution in [1.29, 1.82) is 0 Å². The second kappa shape index (κ2) is 3.84. The normalized spacial score (nSPS) is 11.6. The summed E-state index contributed by atoms with van der Waals surface area (Å²) in [7, 11) is 0. The number of aromatic nitrogens is 2. The van der Waals surface area contributed by atoms with Crippen LogP contribution in [0.3, 0.4) is 0 Å². The molecule has 17 heavy (non-hydrogen) atoms. The number of benzene rings is 1. The van der Waals surface area contributed by atoms with Gasteiger partial charge in [0.05, 0.1) is 0 Å². The monoisotopic (exact) mass is 228 g/mol. The highest BCUT2D eigenvalue weighted by atomic mass is 16.5. The highest BCUT2D eigenvalue weighted by Gasteiger charge is 2.11. The topological polar surface area (TPSA) is 83.5 Å². The molecule has 0 bridgehead atoms. The van der Waals surface area contributed by atoms with Crippen LogP contribution in [0.2, 0.25) is 0 Å². The van der Waals surface area contributed by atoms with Gasteiger partial charge in [-0.15, -0.1) is 0 Å². The number of nitrogens with zero attached hydrogens (tertiary/aromatic N) is 3. The van der Waals surface area contributed by atoms with Gasteiger partial charge in [-0.2, -0.15) is 0 Å². The van der Waals surface area contributed by atoms with Crippen LogP contribution < -0.4 is 5.48 Å². The highest BCUT2D eigenvalue weighted by Crippen LogP contribution is 2.31. The molecule has 84 valence electrons. The molecule has 0 radical (unpaired) electrons. The van der Waals surface area contributed by atoms with Gasteiger partial charge in [0.15, 0.2) is 5.58 Å². The summed E-state index contributed by atoms with van der Waals surface area (Å²) < 4.78 is 5.63. The van der Waals surface area contributed by atoms with Crippen LogP contribution in [-0.4, -0.2) is 21.5 Å². The Labute approximate surface area is 95.6 Å². The Bertz CT molecular complexity index is 705. The average molecular weight is 228 g/mol. The summed E-state index contributed by atoms with van der Waals surface area (Å²) in [5, 5.41) is 9.38. The van der Waals surface area contributed by atoms with Crippen LogP contribution in [0.5, 0.6) is 0 Å². The number of aliphatic imine (C=N–C) groups is 1.